The number of unbranched alkanes of at least 4 members (excludes halogenated alkanes) is 1. The number of hydrogen-bond acceptors (Lipinski definition) is 6. The van der Waals surface area contributed by atoms with Gasteiger partial charge in [-0.15, -0.1) is 0 Å². The highest BCUT2D eigenvalue weighted by atomic mass is 127. The van der Waals surface area contributed by atoms with E-state index in [1.54, 1.807) is 6.07 Å². The van der Waals surface area contributed by atoms with Crippen molar-refractivity contribution in [2.45, 2.75) is 17.3 Å². The minimum Gasteiger partial charge on any atom is -0.437 e. The van der Waals surface area contributed by atoms with Crippen LogP contribution in [0.1, 0.15) is 28.8 Å². The number of alkyl halides is 1. The fourth-order valence-corrected chi connectivity index (χ4v) is 4.74. The number of halogens is 2. The van der Waals surface area contributed by atoms with E-state index in [2.05, 4.69) is 27.6 Å². The molecule has 3 aromatic rings. The number of rotatable bonds is 9. The van der Waals surface area contributed by atoms with Crippen LogP contribution in [0.25, 0.3) is 22.4 Å². The van der Waals surface area contributed by atoms with Gasteiger partial charge in [0.15, 0.2) is 0 Å². The van der Waals surface area contributed by atoms with Crippen LogP contribution < -0.4 is 15.8 Å². The molecule has 1 amide bonds. The van der Waals surface area contributed by atoms with Gasteiger partial charge < -0.3 is 15.9 Å². The topological polar surface area (TPSA) is 133 Å². The highest BCUT2D eigenvalue weighted by Crippen LogP contribution is 2.36. The van der Waals surface area contributed by atoms with Crippen molar-refractivity contribution in [1.82, 2.24) is 4.98 Å². The van der Waals surface area contributed by atoms with E-state index >= 15 is 0 Å². The molecule has 0 unspecified atom stereocenters. The van der Waals surface area contributed by atoms with Crippen molar-refractivity contribution in [2.24, 2.45) is 11.5 Å². The second kappa shape index (κ2) is 9.49. The van der Waals surface area contributed by atoms with E-state index in [0.29, 0.717) is 40.3 Å². The summed E-state index contributed by atoms with van der Waals surface area (Å²) in [6.07, 6.45) is 2.34. The predicted octanol–water partition coefficient (Wildman–Crippen LogP) is 3.17. The first-order valence-electron chi connectivity index (χ1n) is 9.43. The highest BCUT2D eigenvalue weighted by Gasteiger charge is 2.27. The third kappa shape index (κ3) is 4.99. The van der Waals surface area contributed by atoms with Crippen LogP contribution >= 0.6 is 22.6 Å². The van der Waals surface area contributed by atoms with E-state index in [4.69, 9.17) is 15.9 Å². The summed E-state index contributed by atoms with van der Waals surface area (Å²) in [5.74, 6) is -0.776. The Morgan fingerprint density at radius 2 is 1.94 bits per heavy atom. The number of carbonyl (C=O) groups excluding carboxylic acids is 1. The van der Waals surface area contributed by atoms with Crippen LogP contribution in [-0.2, 0) is 14.5 Å². The molecule has 0 saturated carbocycles. The number of hydrogen-bond donors (Lipinski definition) is 2. The fourth-order valence-electron chi connectivity index (χ4n) is 3.25. The Labute approximate surface area is 193 Å². The molecule has 0 atom stereocenters. The van der Waals surface area contributed by atoms with Gasteiger partial charge in [0.05, 0.1) is 17.2 Å². The zero-order chi connectivity index (χ0) is 22.8. The molecule has 0 saturated heterocycles. The van der Waals surface area contributed by atoms with Crippen molar-refractivity contribution in [1.29, 1.82) is 0 Å². The van der Waals surface area contributed by atoms with Crippen LogP contribution in [-0.4, -0.2) is 38.7 Å². The van der Waals surface area contributed by atoms with Crippen molar-refractivity contribution >= 4 is 55.4 Å². The molecule has 0 aliphatic carbocycles. The Kier molecular flexibility index (Phi) is 7.17. The number of benzene rings is 1. The van der Waals surface area contributed by atoms with Crippen molar-refractivity contribution in [3.63, 3.8) is 0 Å². The van der Waals surface area contributed by atoms with Gasteiger partial charge in [0.25, 0.3) is 5.91 Å². The van der Waals surface area contributed by atoms with E-state index in [-0.39, 0.29) is 29.4 Å². The van der Waals surface area contributed by atoms with Crippen LogP contribution in [0.2, 0.25) is 0 Å². The third-order valence-electron chi connectivity index (χ3n) is 4.69. The molecule has 31 heavy (non-hydrogen) atoms. The first-order chi connectivity index (χ1) is 14.7. The van der Waals surface area contributed by atoms with E-state index in [9.17, 15) is 17.6 Å². The van der Waals surface area contributed by atoms with Crippen molar-refractivity contribution in [3.8, 4) is 11.3 Å². The lowest BCUT2D eigenvalue weighted by Crippen LogP contribution is -2.32. The number of amides is 1. The summed E-state index contributed by atoms with van der Waals surface area (Å²) in [4.78, 5) is 16.7. The van der Waals surface area contributed by atoms with Crippen LogP contribution in [0, 0.1) is 5.82 Å². The Morgan fingerprint density at radius 1 is 1.26 bits per heavy atom. The number of nitrogens with two attached hydrogens (primary N) is 2. The normalized spacial score (nSPS) is 11.7. The van der Waals surface area contributed by atoms with E-state index in [0.717, 1.165) is 6.26 Å². The molecule has 0 spiro atoms. The minimum atomic E-state index is -3.62. The van der Waals surface area contributed by atoms with Crippen LogP contribution in [0.5, 0.6) is 0 Å². The molecule has 0 aliphatic heterocycles. The zero-order valence-corrected chi connectivity index (χ0v) is 19.7. The summed E-state index contributed by atoms with van der Waals surface area (Å²) < 4.78 is 45.8. The predicted molar refractivity (Wildman–Crippen MR) is 126 cm³/mol. The summed E-state index contributed by atoms with van der Waals surface area (Å²) in [7, 11) is -3.62. The maximum Gasteiger partial charge on any atom is 0.253 e. The lowest BCUT2D eigenvalue weighted by molar-refractivity contribution is 0.100. The van der Waals surface area contributed by atoms with Gasteiger partial charge in [0.1, 0.15) is 17.4 Å². The number of primary amides is 1. The van der Waals surface area contributed by atoms with Crippen molar-refractivity contribution in [2.75, 3.05) is 23.7 Å². The second-order valence-electron chi connectivity index (χ2n) is 6.97. The Morgan fingerprint density at radius 3 is 2.48 bits per heavy atom. The lowest BCUT2D eigenvalue weighted by atomic mass is 10.0. The maximum absolute atomic E-state index is 13.3. The first-order valence-corrected chi connectivity index (χ1v) is 12.8. The van der Waals surface area contributed by atoms with Gasteiger partial charge in [-0.05, 0) is 49.7 Å². The Bertz CT molecular complexity index is 1210. The molecule has 1 aromatic carbocycles. The van der Waals surface area contributed by atoms with Crippen molar-refractivity contribution in [3.05, 3.63) is 47.3 Å². The number of pyridine rings is 1. The SMILES string of the molecule is CS(=O)(=O)N(CCCCN)c1nc2oc(-c3ccc(F)cc3)c(C(N)=O)c2cc1CI. The molecule has 4 N–H and O–H groups in total. The molecular weight excluding hydrogens is 538 g/mol. The fraction of sp³-hybridized carbons (Fsp3) is 0.300. The van der Waals surface area contributed by atoms with E-state index in [1.165, 1.54) is 28.6 Å². The number of carbonyl (C=O) groups is 1. The molecule has 3 rings (SSSR count). The largest absolute Gasteiger partial charge is 0.437 e. The minimum absolute atomic E-state index is 0.0733. The first kappa shape index (κ1) is 23.4. The Hall–Kier alpha value is -2.25. The average molecular weight is 560 g/mol. The monoisotopic (exact) mass is 560 g/mol. The number of anilines is 1. The van der Waals surface area contributed by atoms with E-state index in [1.807, 2.05) is 0 Å². The molecule has 0 fully saturated rings. The molecule has 11 heteroatoms. The molecular formula is C20H22FIN4O4S. The molecule has 0 aliphatic rings. The van der Waals surface area contributed by atoms with Gasteiger partial charge >= 0.3 is 0 Å². The van der Waals surface area contributed by atoms with E-state index < -0.39 is 21.7 Å². The number of fused-ring (bicyclic) bond motifs is 1. The number of furan rings is 1. The zero-order valence-electron chi connectivity index (χ0n) is 16.8. The van der Waals surface area contributed by atoms with Gasteiger partial charge in [0, 0.05) is 22.1 Å². The van der Waals surface area contributed by atoms with Crippen molar-refractivity contribution < 1.29 is 22.0 Å². The molecule has 2 aromatic heterocycles. The quantitative estimate of drug-likeness (QED) is 0.235. The summed E-state index contributed by atoms with van der Waals surface area (Å²) >= 11 is 2.10. The standard InChI is InChI=1S/C20H22FIN4O4S/c1-31(28,29)26(9-3-2-8-23)19-13(11-22)10-15-16(18(24)27)17(30-20(15)25-19)12-4-6-14(21)7-5-12/h4-7,10H,2-3,8-9,11,23H2,1H3,(H2,24,27). The van der Waals surface area contributed by atoms with Crippen LogP contribution in [0.15, 0.2) is 34.7 Å². The van der Waals surface area contributed by atoms with Gasteiger partial charge in [-0.1, -0.05) is 22.6 Å². The van der Waals surface area contributed by atoms with Gasteiger partial charge in [0.2, 0.25) is 15.7 Å². The summed E-state index contributed by atoms with van der Waals surface area (Å²) in [6, 6.07) is 7.09. The average Bonchev–Trinajstić information content (AvgIpc) is 3.08. The number of nitrogens with zero attached hydrogens (tertiary/aromatic N) is 2. The molecule has 2 heterocycles. The van der Waals surface area contributed by atoms with Gasteiger partial charge in [-0.2, -0.15) is 4.98 Å². The lowest BCUT2D eigenvalue weighted by Gasteiger charge is -2.23. The summed E-state index contributed by atoms with van der Waals surface area (Å²) in [5, 5.41) is 0.373. The van der Waals surface area contributed by atoms with Gasteiger partial charge in [-0.3, -0.25) is 9.10 Å². The smallest absolute Gasteiger partial charge is 0.253 e. The van der Waals surface area contributed by atoms with Crippen LogP contribution in [0.3, 0.4) is 0 Å². The molecule has 0 radical (unpaired) electrons. The molecule has 8 nitrogen and oxygen atoms in total. The third-order valence-corrected chi connectivity index (χ3v) is 6.67. The Balaban J connectivity index is 2.23. The summed E-state index contributed by atoms with van der Waals surface area (Å²) in [6.45, 7) is 0.663. The van der Waals surface area contributed by atoms with Gasteiger partial charge in [-0.25, -0.2) is 12.8 Å². The highest BCUT2D eigenvalue weighted by molar-refractivity contribution is 14.1. The number of aromatic nitrogens is 1. The van der Waals surface area contributed by atoms with Crippen LogP contribution in [0.4, 0.5) is 10.2 Å². The maximum atomic E-state index is 13.3. The second-order valence-corrected chi connectivity index (χ2v) is 9.64. The number of sulfonamides is 1. The summed E-state index contributed by atoms with van der Waals surface area (Å²) in [5.41, 5.74) is 12.4. The molecule has 166 valence electrons. The molecule has 0 bridgehead atoms.